The first-order valence-electron chi connectivity index (χ1n) is 6.98. The molecule has 112 valence electrons. The average Bonchev–Trinajstić information content (AvgIpc) is 2.60. The minimum absolute atomic E-state index is 0.0703. The third-order valence-corrected chi connectivity index (χ3v) is 3.84. The number of amides is 2. The molecule has 0 bridgehead atoms. The molecule has 23 heavy (non-hydrogen) atoms. The van der Waals surface area contributed by atoms with E-state index in [0.29, 0.717) is 22.3 Å². The van der Waals surface area contributed by atoms with Crippen molar-refractivity contribution in [3.05, 3.63) is 59.9 Å². The standard InChI is InChI=1S/C17H11N3O3/c1-23-13-7-6-12-14-10(13)4-2-5-11(14)15(21)20(16(12)22)17-18-8-3-9-19-17/h2-9H,1H3. The second-order valence-electron chi connectivity index (χ2n) is 5.04. The Hall–Kier alpha value is -3.28. The van der Waals surface area contributed by atoms with Gasteiger partial charge in [0.15, 0.2) is 0 Å². The molecule has 0 unspecified atom stereocenters. The first-order chi connectivity index (χ1) is 11.2. The Labute approximate surface area is 131 Å². The van der Waals surface area contributed by atoms with Crippen LogP contribution >= 0.6 is 0 Å². The van der Waals surface area contributed by atoms with Gasteiger partial charge >= 0.3 is 0 Å². The predicted octanol–water partition coefficient (Wildman–Crippen LogP) is 2.44. The zero-order valence-corrected chi connectivity index (χ0v) is 12.2. The zero-order chi connectivity index (χ0) is 16.0. The van der Waals surface area contributed by atoms with Gasteiger partial charge < -0.3 is 4.74 Å². The van der Waals surface area contributed by atoms with E-state index < -0.39 is 11.8 Å². The molecule has 1 aliphatic rings. The molecule has 2 amide bonds. The van der Waals surface area contributed by atoms with Crippen molar-refractivity contribution in [1.82, 2.24) is 9.97 Å². The van der Waals surface area contributed by atoms with Crippen molar-refractivity contribution in [1.29, 1.82) is 0 Å². The Morgan fingerprint density at radius 1 is 0.913 bits per heavy atom. The maximum atomic E-state index is 12.8. The van der Waals surface area contributed by atoms with Crippen LogP contribution in [0.5, 0.6) is 5.75 Å². The monoisotopic (exact) mass is 305 g/mol. The smallest absolute Gasteiger partial charge is 0.268 e. The number of hydrogen-bond donors (Lipinski definition) is 0. The Bertz CT molecular complexity index is 932. The Balaban J connectivity index is 2.01. The maximum Gasteiger partial charge on any atom is 0.268 e. The van der Waals surface area contributed by atoms with Crippen LogP contribution in [0.4, 0.5) is 5.95 Å². The van der Waals surface area contributed by atoms with Gasteiger partial charge in [0.1, 0.15) is 5.75 Å². The van der Waals surface area contributed by atoms with Crippen LogP contribution < -0.4 is 9.64 Å². The second-order valence-corrected chi connectivity index (χ2v) is 5.04. The summed E-state index contributed by atoms with van der Waals surface area (Å²) in [7, 11) is 1.56. The lowest BCUT2D eigenvalue weighted by Crippen LogP contribution is -2.41. The highest BCUT2D eigenvalue weighted by Crippen LogP contribution is 2.36. The van der Waals surface area contributed by atoms with Gasteiger partial charge in [0.05, 0.1) is 7.11 Å². The van der Waals surface area contributed by atoms with Crippen LogP contribution in [0.15, 0.2) is 48.8 Å². The third-order valence-electron chi connectivity index (χ3n) is 3.84. The molecule has 4 rings (SSSR count). The number of rotatable bonds is 2. The summed E-state index contributed by atoms with van der Waals surface area (Å²) in [5, 5.41) is 1.34. The molecular formula is C17H11N3O3. The van der Waals surface area contributed by atoms with E-state index >= 15 is 0 Å². The Morgan fingerprint density at radius 3 is 2.30 bits per heavy atom. The van der Waals surface area contributed by atoms with Gasteiger partial charge in [-0.1, -0.05) is 12.1 Å². The summed E-state index contributed by atoms with van der Waals surface area (Å²) >= 11 is 0. The molecule has 2 aromatic carbocycles. The number of anilines is 1. The number of nitrogens with zero attached hydrogens (tertiary/aromatic N) is 3. The van der Waals surface area contributed by atoms with Gasteiger partial charge in [0, 0.05) is 34.3 Å². The minimum Gasteiger partial charge on any atom is -0.496 e. The molecule has 0 spiro atoms. The van der Waals surface area contributed by atoms with Crippen molar-refractivity contribution in [3.8, 4) is 5.75 Å². The van der Waals surface area contributed by atoms with E-state index in [4.69, 9.17) is 4.74 Å². The topological polar surface area (TPSA) is 72.4 Å². The Morgan fingerprint density at radius 2 is 1.61 bits per heavy atom. The molecule has 6 heteroatoms. The van der Waals surface area contributed by atoms with Gasteiger partial charge in [-0.25, -0.2) is 14.9 Å². The second kappa shape index (κ2) is 4.88. The van der Waals surface area contributed by atoms with E-state index in [1.807, 2.05) is 6.07 Å². The molecule has 0 fully saturated rings. The summed E-state index contributed by atoms with van der Waals surface area (Å²) in [6, 6.07) is 10.3. The van der Waals surface area contributed by atoms with Gasteiger partial charge in [-0.15, -0.1) is 0 Å². The van der Waals surface area contributed by atoms with E-state index in [-0.39, 0.29) is 5.95 Å². The summed E-state index contributed by atoms with van der Waals surface area (Å²) in [6.45, 7) is 0. The van der Waals surface area contributed by atoms with Gasteiger partial charge in [-0.2, -0.15) is 0 Å². The molecule has 0 aliphatic carbocycles. The fourth-order valence-corrected chi connectivity index (χ4v) is 2.84. The molecule has 0 saturated carbocycles. The summed E-state index contributed by atoms with van der Waals surface area (Å²) in [4.78, 5) is 34.6. The van der Waals surface area contributed by atoms with Crippen LogP contribution in [-0.2, 0) is 0 Å². The summed E-state index contributed by atoms with van der Waals surface area (Å²) < 4.78 is 5.33. The van der Waals surface area contributed by atoms with E-state index in [9.17, 15) is 9.59 Å². The van der Waals surface area contributed by atoms with Crippen molar-refractivity contribution in [2.24, 2.45) is 0 Å². The van der Waals surface area contributed by atoms with Crippen LogP contribution in [0.2, 0.25) is 0 Å². The summed E-state index contributed by atoms with van der Waals surface area (Å²) in [5.74, 6) is -0.184. The molecule has 2 heterocycles. The fraction of sp³-hybridized carbons (Fsp3) is 0.0588. The highest BCUT2D eigenvalue weighted by Gasteiger charge is 2.35. The summed E-state index contributed by atoms with van der Waals surface area (Å²) in [5.41, 5.74) is 0.868. The molecule has 1 aromatic heterocycles. The minimum atomic E-state index is -0.437. The largest absolute Gasteiger partial charge is 0.496 e. The van der Waals surface area contributed by atoms with Crippen molar-refractivity contribution < 1.29 is 14.3 Å². The number of carbonyl (C=O) groups excluding carboxylic acids is 2. The quantitative estimate of drug-likeness (QED) is 0.680. The molecule has 3 aromatic rings. The number of methoxy groups -OCH3 is 1. The molecule has 0 saturated heterocycles. The lowest BCUT2D eigenvalue weighted by Gasteiger charge is -2.25. The van der Waals surface area contributed by atoms with E-state index in [0.717, 1.165) is 10.3 Å². The molecule has 1 aliphatic heterocycles. The highest BCUT2D eigenvalue weighted by atomic mass is 16.5. The number of benzene rings is 2. The predicted molar refractivity (Wildman–Crippen MR) is 83.7 cm³/mol. The van der Waals surface area contributed by atoms with Crippen LogP contribution in [0.25, 0.3) is 10.8 Å². The number of carbonyl (C=O) groups is 2. The number of imide groups is 1. The molecular weight excluding hydrogens is 294 g/mol. The fourth-order valence-electron chi connectivity index (χ4n) is 2.84. The molecule has 0 atom stereocenters. The van der Waals surface area contributed by atoms with Gasteiger partial charge in [-0.3, -0.25) is 9.59 Å². The SMILES string of the molecule is COc1ccc2c3c(cccc13)C(=O)N(c1ncccn1)C2=O. The van der Waals surface area contributed by atoms with Crippen molar-refractivity contribution in [2.45, 2.75) is 0 Å². The zero-order valence-electron chi connectivity index (χ0n) is 12.2. The lowest BCUT2D eigenvalue weighted by molar-refractivity contribution is 0.0891. The number of hydrogen-bond acceptors (Lipinski definition) is 5. The number of ether oxygens (including phenoxy) is 1. The van der Waals surface area contributed by atoms with Crippen molar-refractivity contribution in [2.75, 3.05) is 12.0 Å². The van der Waals surface area contributed by atoms with Crippen LogP contribution in [-0.4, -0.2) is 28.9 Å². The average molecular weight is 305 g/mol. The number of aromatic nitrogens is 2. The first kappa shape index (κ1) is 13.4. The van der Waals surface area contributed by atoms with Gasteiger partial charge in [-0.05, 0) is 24.3 Å². The molecule has 0 radical (unpaired) electrons. The maximum absolute atomic E-state index is 12.8. The van der Waals surface area contributed by atoms with E-state index in [2.05, 4.69) is 9.97 Å². The van der Waals surface area contributed by atoms with Crippen LogP contribution in [0.3, 0.4) is 0 Å². The molecule has 6 nitrogen and oxygen atoms in total. The van der Waals surface area contributed by atoms with E-state index in [1.54, 1.807) is 37.4 Å². The normalized spacial score (nSPS) is 13.5. The van der Waals surface area contributed by atoms with Crippen LogP contribution in [0.1, 0.15) is 20.7 Å². The first-order valence-corrected chi connectivity index (χ1v) is 6.98. The van der Waals surface area contributed by atoms with Crippen molar-refractivity contribution >= 4 is 28.5 Å². The third kappa shape index (κ3) is 1.81. The lowest BCUT2D eigenvalue weighted by atomic mass is 9.93. The van der Waals surface area contributed by atoms with Crippen molar-refractivity contribution in [3.63, 3.8) is 0 Å². The van der Waals surface area contributed by atoms with Gasteiger partial charge in [0.25, 0.3) is 11.8 Å². The molecule has 0 N–H and O–H groups in total. The Kier molecular flexibility index (Phi) is 2.84. The van der Waals surface area contributed by atoms with E-state index in [1.165, 1.54) is 12.4 Å². The van der Waals surface area contributed by atoms with Crippen LogP contribution in [0, 0.1) is 0 Å². The highest BCUT2D eigenvalue weighted by molar-refractivity contribution is 6.35. The summed E-state index contributed by atoms with van der Waals surface area (Å²) in [6.07, 6.45) is 2.99. The van der Waals surface area contributed by atoms with Gasteiger partial charge in [0.2, 0.25) is 5.95 Å².